The van der Waals surface area contributed by atoms with E-state index in [2.05, 4.69) is 16.8 Å². The minimum Gasteiger partial charge on any atom is -0.303 e. The third kappa shape index (κ3) is 4.77. The van der Waals surface area contributed by atoms with Crippen molar-refractivity contribution in [1.29, 1.82) is 0 Å². The minimum absolute atomic E-state index is 0.314. The Bertz CT molecular complexity index is 369. The molecule has 3 heteroatoms. The van der Waals surface area contributed by atoms with Crippen LogP contribution < -0.4 is 0 Å². The maximum Gasteiger partial charge on any atom is 0.165 e. The lowest BCUT2D eigenvalue weighted by Crippen LogP contribution is -2.38. The number of aliphatic imine (C=N–C) groups is 1. The highest BCUT2D eigenvalue weighted by Crippen LogP contribution is 2.27. The van der Waals surface area contributed by atoms with Crippen molar-refractivity contribution in [2.45, 2.75) is 70.3 Å². The predicted molar refractivity (Wildman–Crippen MR) is 89.0 cm³/mol. The second-order valence-electron chi connectivity index (χ2n) is 6.45. The van der Waals surface area contributed by atoms with Crippen molar-refractivity contribution in [3.8, 4) is 0 Å². The first-order chi connectivity index (χ1) is 10.3. The number of Topliss-reactive ketones (excluding diaryl/α,β-unsaturated/α-hetero) is 1. The highest BCUT2D eigenvalue weighted by Gasteiger charge is 2.35. The summed E-state index contributed by atoms with van der Waals surface area (Å²) in [6.45, 7) is 5.46. The predicted octanol–water partition coefficient (Wildman–Crippen LogP) is 3.78. The maximum atomic E-state index is 12.7. The zero-order valence-electron chi connectivity index (χ0n) is 13.5. The van der Waals surface area contributed by atoms with E-state index >= 15 is 0 Å². The van der Waals surface area contributed by atoms with Gasteiger partial charge < -0.3 is 4.90 Å². The average Bonchev–Trinajstić information content (AvgIpc) is 3.00. The highest BCUT2D eigenvalue weighted by molar-refractivity contribution is 5.96. The Hall–Kier alpha value is -0.960. The van der Waals surface area contributed by atoms with E-state index < -0.39 is 5.54 Å². The minimum atomic E-state index is -0.524. The largest absolute Gasteiger partial charge is 0.303 e. The van der Waals surface area contributed by atoms with Crippen LogP contribution in [-0.2, 0) is 4.79 Å². The summed E-state index contributed by atoms with van der Waals surface area (Å²) in [5, 5.41) is 0. The Balaban J connectivity index is 1.81. The number of likely N-dealkylation sites (tertiary alicyclic amines) is 1. The smallest absolute Gasteiger partial charge is 0.165 e. The molecule has 1 saturated heterocycles. The third-order valence-electron chi connectivity index (χ3n) is 4.76. The lowest BCUT2D eigenvalue weighted by atomic mass is 9.87. The van der Waals surface area contributed by atoms with Crippen molar-refractivity contribution in [2.24, 2.45) is 4.99 Å². The average molecular weight is 290 g/mol. The van der Waals surface area contributed by atoms with Gasteiger partial charge in [-0.15, -0.1) is 0 Å². The standard InChI is InChI=1S/C18H30N2O/c1-2-3-4-6-11-18(12-9-13-19-18)17(21)10-16-20-14-7-5-8-15-20/h9,12-13H,2-8,10-11,14-16H2,1H3. The van der Waals surface area contributed by atoms with Gasteiger partial charge in [-0.25, -0.2) is 0 Å². The fourth-order valence-corrected chi connectivity index (χ4v) is 3.35. The molecule has 0 aromatic rings. The molecule has 2 aliphatic heterocycles. The van der Waals surface area contributed by atoms with Gasteiger partial charge in [0, 0.05) is 19.2 Å². The van der Waals surface area contributed by atoms with Gasteiger partial charge in [0.25, 0.3) is 0 Å². The fourth-order valence-electron chi connectivity index (χ4n) is 3.35. The molecule has 21 heavy (non-hydrogen) atoms. The van der Waals surface area contributed by atoms with E-state index in [4.69, 9.17) is 0 Å². The van der Waals surface area contributed by atoms with Crippen LogP contribution in [0.4, 0.5) is 0 Å². The molecule has 0 radical (unpaired) electrons. The number of allylic oxidation sites excluding steroid dienone is 1. The number of piperidine rings is 1. The molecule has 2 aliphatic rings. The van der Waals surface area contributed by atoms with Gasteiger partial charge in [0.05, 0.1) is 0 Å². The molecule has 118 valence electrons. The highest BCUT2D eigenvalue weighted by atomic mass is 16.1. The van der Waals surface area contributed by atoms with Crippen LogP contribution in [0.5, 0.6) is 0 Å². The molecule has 3 nitrogen and oxygen atoms in total. The zero-order valence-corrected chi connectivity index (χ0v) is 13.5. The van der Waals surface area contributed by atoms with E-state index in [0.29, 0.717) is 12.2 Å². The number of hydrogen-bond donors (Lipinski definition) is 0. The van der Waals surface area contributed by atoms with E-state index in [-0.39, 0.29) is 0 Å². The quantitative estimate of drug-likeness (QED) is 0.605. The van der Waals surface area contributed by atoms with Crippen LogP contribution in [0.1, 0.15) is 64.7 Å². The molecule has 0 saturated carbocycles. The first kappa shape index (κ1) is 16.4. The lowest BCUT2D eigenvalue weighted by Gasteiger charge is -2.28. The van der Waals surface area contributed by atoms with Crippen LogP contribution in [-0.4, -0.2) is 42.1 Å². The number of nitrogens with zero attached hydrogens (tertiary/aromatic N) is 2. The number of hydrogen-bond acceptors (Lipinski definition) is 3. The number of rotatable bonds is 9. The van der Waals surface area contributed by atoms with Crippen LogP contribution in [0, 0.1) is 0 Å². The molecule has 0 N–H and O–H groups in total. The SMILES string of the molecule is CCCCCCC1(C(=O)CCN2CCCCC2)C=CC=N1. The first-order valence-electron chi connectivity index (χ1n) is 8.75. The molecule has 1 fully saturated rings. The second-order valence-corrected chi connectivity index (χ2v) is 6.45. The molecule has 1 atom stereocenters. The van der Waals surface area contributed by atoms with Crippen molar-refractivity contribution in [1.82, 2.24) is 4.90 Å². The summed E-state index contributed by atoms with van der Waals surface area (Å²) in [6, 6.07) is 0. The van der Waals surface area contributed by atoms with Gasteiger partial charge in [0.15, 0.2) is 5.78 Å². The van der Waals surface area contributed by atoms with Gasteiger partial charge in [0.2, 0.25) is 0 Å². The van der Waals surface area contributed by atoms with Crippen molar-refractivity contribution in [3.63, 3.8) is 0 Å². The Morgan fingerprint density at radius 3 is 2.67 bits per heavy atom. The first-order valence-corrected chi connectivity index (χ1v) is 8.75. The van der Waals surface area contributed by atoms with Gasteiger partial charge in [-0.3, -0.25) is 9.79 Å². The molecular formula is C18H30N2O. The Labute approximate surface area is 129 Å². The molecule has 0 bridgehead atoms. The van der Waals surface area contributed by atoms with E-state index in [0.717, 1.165) is 32.5 Å². The van der Waals surface area contributed by atoms with Gasteiger partial charge in [-0.2, -0.15) is 0 Å². The summed E-state index contributed by atoms with van der Waals surface area (Å²) in [5.41, 5.74) is -0.524. The topological polar surface area (TPSA) is 32.7 Å². The molecule has 0 aromatic carbocycles. The monoisotopic (exact) mass is 290 g/mol. The number of carbonyl (C=O) groups excluding carboxylic acids is 1. The summed E-state index contributed by atoms with van der Waals surface area (Å²) in [6.07, 6.45) is 16.0. The van der Waals surface area contributed by atoms with Crippen LogP contribution in [0.3, 0.4) is 0 Å². The van der Waals surface area contributed by atoms with Gasteiger partial charge in [-0.05, 0) is 44.5 Å². The van der Waals surface area contributed by atoms with Crippen LogP contribution >= 0.6 is 0 Å². The van der Waals surface area contributed by atoms with Crippen molar-refractivity contribution < 1.29 is 4.79 Å². The summed E-state index contributed by atoms with van der Waals surface area (Å²) in [4.78, 5) is 19.6. The van der Waals surface area contributed by atoms with E-state index in [1.165, 1.54) is 38.5 Å². The number of ketones is 1. The van der Waals surface area contributed by atoms with Crippen LogP contribution in [0.15, 0.2) is 17.1 Å². The Morgan fingerprint density at radius 2 is 2.00 bits per heavy atom. The molecule has 0 aromatic heterocycles. The molecule has 2 heterocycles. The number of carbonyl (C=O) groups is 1. The van der Waals surface area contributed by atoms with E-state index in [1.54, 1.807) is 6.21 Å². The van der Waals surface area contributed by atoms with Gasteiger partial charge >= 0.3 is 0 Å². The van der Waals surface area contributed by atoms with E-state index in [9.17, 15) is 4.79 Å². The Morgan fingerprint density at radius 1 is 1.19 bits per heavy atom. The summed E-state index contributed by atoms with van der Waals surface area (Å²) >= 11 is 0. The summed E-state index contributed by atoms with van der Waals surface area (Å²) in [5.74, 6) is 0.314. The van der Waals surface area contributed by atoms with Crippen LogP contribution in [0.2, 0.25) is 0 Å². The Kier molecular flexibility index (Phi) is 6.62. The van der Waals surface area contributed by atoms with Crippen molar-refractivity contribution in [3.05, 3.63) is 12.2 Å². The summed E-state index contributed by atoms with van der Waals surface area (Å²) < 4.78 is 0. The molecule has 2 rings (SSSR count). The van der Waals surface area contributed by atoms with E-state index in [1.807, 2.05) is 12.2 Å². The maximum absolute atomic E-state index is 12.7. The fraction of sp³-hybridized carbons (Fsp3) is 0.778. The summed E-state index contributed by atoms with van der Waals surface area (Å²) in [7, 11) is 0. The zero-order chi connectivity index (χ0) is 15.0. The molecule has 0 spiro atoms. The third-order valence-corrected chi connectivity index (χ3v) is 4.76. The number of unbranched alkanes of at least 4 members (excludes halogenated alkanes) is 3. The van der Waals surface area contributed by atoms with Gasteiger partial charge in [-0.1, -0.05) is 39.0 Å². The second kappa shape index (κ2) is 8.47. The lowest BCUT2D eigenvalue weighted by molar-refractivity contribution is -0.123. The van der Waals surface area contributed by atoms with Crippen molar-refractivity contribution in [2.75, 3.05) is 19.6 Å². The molecule has 0 aliphatic carbocycles. The van der Waals surface area contributed by atoms with Crippen LogP contribution in [0.25, 0.3) is 0 Å². The molecular weight excluding hydrogens is 260 g/mol. The molecule has 1 unspecified atom stereocenters. The van der Waals surface area contributed by atoms with Gasteiger partial charge in [0.1, 0.15) is 5.54 Å². The molecule has 0 amide bonds. The van der Waals surface area contributed by atoms with Crippen molar-refractivity contribution >= 4 is 12.0 Å². The normalized spacial score (nSPS) is 25.6.